The van der Waals surface area contributed by atoms with Crippen LogP contribution in [0.2, 0.25) is 0 Å². The number of sulfonamides is 1. The van der Waals surface area contributed by atoms with Crippen LogP contribution in [0.25, 0.3) is 17.0 Å². The molecule has 0 fully saturated rings. The predicted molar refractivity (Wildman–Crippen MR) is 109 cm³/mol. The van der Waals surface area contributed by atoms with Crippen molar-refractivity contribution in [3.8, 4) is 11.4 Å². The zero-order valence-corrected chi connectivity index (χ0v) is 17.4. The maximum Gasteiger partial charge on any atom is 0.417 e. The molecule has 8 nitrogen and oxygen atoms in total. The number of nitrogens with zero attached hydrogens (tertiary/aromatic N) is 3. The summed E-state index contributed by atoms with van der Waals surface area (Å²) < 4.78 is 65.7. The van der Waals surface area contributed by atoms with Crippen molar-refractivity contribution < 1.29 is 21.6 Å². The largest absolute Gasteiger partial charge is 0.417 e. The van der Waals surface area contributed by atoms with Crippen molar-refractivity contribution in [2.45, 2.75) is 36.4 Å². The molecule has 1 aliphatic carbocycles. The highest BCUT2D eigenvalue weighted by molar-refractivity contribution is 7.89. The van der Waals surface area contributed by atoms with Crippen molar-refractivity contribution in [2.75, 3.05) is 7.05 Å². The highest BCUT2D eigenvalue weighted by Crippen LogP contribution is 2.43. The van der Waals surface area contributed by atoms with Crippen molar-refractivity contribution >= 4 is 15.6 Å². The molecular weight excluding hydrogens is 433 g/mol. The molecule has 3 rings (SSSR count). The SMILES string of the molecule is C=C1CCC(NC)C/C=C\C=C1c1ccc(C(F)(F)F)c(S(N)(=O)=O)c1-c1nn[nH]n1. The molecule has 0 amide bonds. The van der Waals surface area contributed by atoms with Gasteiger partial charge in [0.1, 0.15) is 4.90 Å². The third-order valence-corrected chi connectivity index (χ3v) is 6.00. The molecule has 0 radical (unpaired) electrons. The van der Waals surface area contributed by atoms with Gasteiger partial charge in [-0.1, -0.05) is 30.9 Å². The van der Waals surface area contributed by atoms with E-state index >= 15 is 0 Å². The number of hydrogen-bond donors (Lipinski definition) is 3. The minimum Gasteiger partial charge on any atom is -0.317 e. The molecule has 0 bridgehead atoms. The summed E-state index contributed by atoms with van der Waals surface area (Å²) in [7, 11) is -2.97. The van der Waals surface area contributed by atoms with Gasteiger partial charge in [-0.05, 0) is 54.3 Å². The summed E-state index contributed by atoms with van der Waals surface area (Å²) in [5, 5.41) is 21.4. The number of nitrogens with one attached hydrogen (secondary N) is 2. The Bertz CT molecular complexity index is 1140. The van der Waals surface area contributed by atoms with Gasteiger partial charge < -0.3 is 5.32 Å². The zero-order valence-electron chi connectivity index (χ0n) is 16.6. The number of hydrogen-bond acceptors (Lipinski definition) is 6. The number of benzene rings is 1. The monoisotopic (exact) mass is 454 g/mol. The van der Waals surface area contributed by atoms with Gasteiger partial charge in [-0.15, -0.1) is 10.2 Å². The molecule has 166 valence electrons. The number of allylic oxidation sites excluding steroid dienone is 4. The first-order chi connectivity index (χ1) is 14.5. The first kappa shape index (κ1) is 22.8. The predicted octanol–water partition coefficient (Wildman–Crippen LogP) is 2.80. The van der Waals surface area contributed by atoms with Crippen molar-refractivity contribution in [3.05, 3.63) is 53.6 Å². The zero-order chi connectivity index (χ0) is 22.8. The normalized spacial score (nSPS) is 19.3. The van der Waals surface area contributed by atoms with Gasteiger partial charge in [-0.2, -0.15) is 18.4 Å². The molecule has 1 aliphatic rings. The lowest BCUT2D eigenvalue weighted by molar-refractivity contribution is -0.139. The number of rotatable bonds is 4. The lowest BCUT2D eigenvalue weighted by Crippen LogP contribution is -2.24. The third kappa shape index (κ3) is 4.92. The van der Waals surface area contributed by atoms with Crippen LogP contribution in [-0.2, 0) is 16.2 Å². The molecule has 2 aromatic rings. The molecule has 0 aliphatic heterocycles. The lowest BCUT2D eigenvalue weighted by Gasteiger charge is -2.20. The van der Waals surface area contributed by atoms with E-state index in [1.54, 1.807) is 12.2 Å². The van der Waals surface area contributed by atoms with Crippen molar-refractivity contribution in [2.24, 2.45) is 5.14 Å². The second-order valence-electron chi connectivity index (χ2n) is 7.02. The van der Waals surface area contributed by atoms with Crippen LogP contribution in [0.3, 0.4) is 0 Å². The summed E-state index contributed by atoms with van der Waals surface area (Å²) in [6, 6.07) is 2.08. The Morgan fingerprint density at radius 3 is 2.65 bits per heavy atom. The van der Waals surface area contributed by atoms with Crippen LogP contribution >= 0.6 is 0 Å². The van der Waals surface area contributed by atoms with Crippen LogP contribution in [0, 0.1) is 0 Å². The van der Waals surface area contributed by atoms with Crippen molar-refractivity contribution in [1.82, 2.24) is 25.9 Å². The molecule has 31 heavy (non-hydrogen) atoms. The van der Waals surface area contributed by atoms with Crippen LogP contribution in [0.4, 0.5) is 13.2 Å². The number of H-pyrrole nitrogens is 1. The van der Waals surface area contributed by atoms with E-state index < -0.39 is 26.7 Å². The second-order valence-corrected chi connectivity index (χ2v) is 8.51. The van der Waals surface area contributed by atoms with Gasteiger partial charge in [0.2, 0.25) is 15.8 Å². The van der Waals surface area contributed by atoms with Crippen molar-refractivity contribution in [1.29, 1.82) is 0 Å². The molecule has 0 saturated heterocycles. The van der Waals surface area contributed by atoms with E-state index in [-0.39, 0.29) is 23.0 Å². The van der Waals surface area contributed by atoms with E-state index in [9.17, 15) is 21.6 Å². The molecule has 4 N–H and O–H groups in total. The first-order valence-electron chi connectivity index (χ1n) is 9.27. The molecule has 1 heterocycles. The van der Waals surface area contributed by atoms with Gasteiger partial charge in [0, 0.05) is 6.04 Å². The molecule has 0 saturated carbocycles. The molecule has 1 unspecified atom stereocenters. The summed E-state index contributed by atoms with van der Waals surface area (Å²) in [4.78, 5) is -1.11. The van der Waals surface area contributed by atoms with Crippen LogP contribution in [0.5, 0.6) is 0 Å². The van der Waals surface area contributed by atoms with E-state index in [4.69, 9.17) is 5.14 Å². The molecule has 0 spiro atoms. The van der Waals surface area contributed by atoms with Gasteiger partial charge in [-0.25, -0.2) is 13.6 Å². The van der Waals surface area contributed by atoms with Crippen LogP contribution < -0.4 is 10.5 Å². The Balaban J connectivity index is 2.32. The molecule has 1 aromatic heterocycles. The standard InChI is InChI=1S/C19H21F3N6O2S/c1-11-7-8-12(24-2)5-3-4-6-13(11)14-9-10-15(19(20,21)22)17(31(23,29)30)16(14)18-25-27-28-26-18/h3-4,6,9-10,12,24H,1,5,7-8H2,2H3,(H2,23,29,30)(H,25,26,27,28)/b4-3-,13-6?. The first-order valence-corrected chi connectivity index (χ1v) is 10.8. The molecule has 12 heteroatoms. The number of halogens is 3. The number of tetrazole rings is 1. The number of nitrogens with two attached hydrogens (primary N) is 1. The Labute approximate surface area is 177 Å². The van der Waals surface area contributed by atoms with E-state index in [0.717, 1.165) is 12.8 Å². The van der Waals surface area contributed by atoms with Gasteiger partial charge in [0.05, 0.1) is 11.1 Å². The maximum absolute atomic E-state index is 13.7. The van der Waals surface area contributed by atoms with E-state index in [2.05, 4.69) is 32.5 Å². The molecule has 1 aromatic carbocycles. The van der Waals surface area contributed by atoms with Gasteiger partial charge in [-0.3, -0.25) is 0 Å². The van der Waals surface area contributed by atoms with Crippen LogP contribution in [0.1, 0.15) is 30.4 Å². The fourth-order valence-electron chi connectivity index (χ4n) is 3.48. The fraction of sp³-hybridized carbons (Fsp3) is 0.316. The van der Waals surface area contributed by atoms with Crippen LogP contribution in [0.15, 0.2) is 47.4 Å². The number of aromatic nitrogens is 4. The summed E-state index contributed by atoms with van der Waals surface area (Å²) in [6.45, 7) is 4.07. The summed E-state index contributed by atoms with van der Waals surface area (Å²) in [6.07, 6.45) is 2.40. The third-order valence-electron chi connectivity index (χ3n) is 5.01. The highest BCUT2D eigenvalue weighted by atomic mass is 32.2. The Morgan fingerprint density at radius 1 is 1.32 bits per heavy atom. The Kier molecular flexibility index (Phi) is 6.43. The maximum atomic E-state index is 13.7. The van der Waals surface area contributed by atoms with Crippen molar-refractivity contribution in [3.63, 3.8) is 0 Å². The number of aromatic amines is 1. The second kappa shape index (κ2) is 8.73. The van der Waals surface area contributed by atoms with Crippen LogP contribution in [-0.4, -0.2) is 42.1 Å². The Morgan fingerprint density at radius 2 is 2.06 bits per heavy atom. The molecular formula is C19H21F3N6O2S. The van der Waals surface area contributed by atoms with Gasteiger partial charge in [0.15, 0.2) is 0 Å². The lowest BCUT2D eigenvalue weighted by atomic mass is 9.89. The quantitative estimate of drug-likeness (QED) is 0.652. The fourth-order valence-corrected chi connectivity index (χ4v) is 4.46. The minimum atomic E-state index is -4.97. The van der Waals surface area contributed by atoms with E-state index in [0.29, 0.717) is 23.6 Å². The topological polar surface area (TPSA) is 127 Å². The number of primary sulfonamides is 1. The summed E-state index contributed by atoms with van der Waals surface area (Å²) in [5.41, 5.74) is -0.533. The average Bonchev–Trinajstić information content (AvgIpc) is 3.23. The summed E-state index contributed by atoms with van der Waals surface area (Å²) in [5.74, 6) is -0.323. The van der Waals surface area contributed by atoms with E-state index in [1.165, 1.54) is 6.07 Å². The van der Waals surface area contributed by atoms with E-state index in [1.807, 2.05) is 13.1 Å². The molecule has 1 atom stereocenters. The smallest absolute Gasteiger partial charge is 0.317 e. The average molecular weight is 454 g/mol. The number of alkyl halides is 3. The minimum absolute atomic E-state index is 0.163. The van der Waals surface area contributed by atoms with Gasteiger partial charge >= 0.3 is 6.18 Å². The summed E-state index contributed by atoms with van der Waals surface area (Å²) >= 11 is 0. The van der Waals surface area contributed by atoms with Gasteiger partial charge in [0.25, 0.3) is 0 Å². The Hall–Kier alpha value is -2.83. The highest BCUT2D eigenvalue weighted by Gasteiger charge is 2.40.